The van der Waals surface area contributed by atoms with E-state index < -0.39 is 6.10 Å². The highest BCUT2D eigenvalue weighted by molar-refractivity contribution is 7.10. The molecule has 5 heteroatoms. The van der Waals surface area contributed by atoms with E-state index in [1.807, 2.05) is 31.2 Å². The number of hydrogen-bond donors (Lipinski definition) is 1. The van der Waals surface area contributed by atoms with E-state index in [9.17, 15) is 9.90 Å². The fourth-order valence-electron chi connectivity index (χ4n) is 2.00. The standard InChI is InChI=1S/C15H15NO3S/c1-10-5-3-4-6-12(10)14(13-7-16-8-20-13)15(11(2)18)19-9-17/h3-9,11,18H,1-2H3/b15-14+. The number of ether oxygens (including phenoxy) is 1. The quantitative estimate of drug-likeness (QED) is 0.679. The Kier molecular flexibility index (Phi) is 4.65. The van der Waals surface area contributed by atoms with Gasteiger partial charge in [-0.3, -0.25) is 9.78 Å². The predicted molar refractivity (Wildman–Crippen MR) is 78.1 cm³/mol. The van der Waals surface area contributed by atoms with Crippen LogP contribution in [0, 0.1) is 6.92 Å². The van der Waals surface area contributed by atoms with Crippen molar-refractivity contribution in [2.24, 2.45) is 0 Å². The first-order valence-electron chi connectivity index (χ1n) is 6.12. The molecule has 0 saturated carbocycles. The van der Waals surface area contributed by atoms with E-state index in [4.69, 9.17) is 4.74 Å². The summed E-state index contributed by atoms with van der Waals surface area (Å²) in [5.74, 6) is 0.235. The molecule has 20 heavy (non-hydrogen) atoms. The van der Waals surface area contributed by atoms with E-state index in [0.717, 1.165) is 16.0 Å². The summed E-state index contributed by atoms with van der Waals surface area (Å²) in [6.45, 7) is 3.87. The first kappa shape index (κ1) is 14.4. The lowest BCUT2D eigenvalue weighted by atomic mass is 9.97. The first-order valence-corrected chi connectivity index (χ1v) is 7.00. The van der Waals surface area contributed by atoms with Gasteiger partial charge in [0, 0.05) is 11.8 Å². The van der Waals surface area contributed by atoms with Gasteiger partial charge in [0.1, 0.15) is 11.9 Å². The van der Waals surface area contributed by atoms with Gasteiger partial charge in [0.05, 0.1) is 10.4 Å². The minimum atomic E-state index is -0.892. The van der Waals surface area contributed by atoms with Crippen molar-refractivity contribution in [2.75, 3.05) is 0 Å². The van der Waals surface area contributed by atoms with Crippen molar-refractivity contribution in [1.29, 1.82) is 0 Å². The second kappa shape index (κ2) is 6.45. The third-order valence-corrected chi connectivity index (χ3v) is 3.68. The number of carbonyl (C=O) groups is 1. The Morgan fingerprint density at radius 3 is 2.75 bits per heavy atom. The van der Waals surface area contributed by atoms with Gasteiger partial charge < -0.3 is 9.84 Å². The van der Waals surface area contributed by atoms with Crippen LogP contribution >= 0.6 is 11.3 Å². The molecule has 1 N–H and O–H groups in total. The Morgan fingerprint density at radius 2 is 2.20 bits per heavy atom. The van der Waals surface area contributed by atoms with Crippen LogP contribution < -0.4 is 0 Å². The molecule has 1 unspecified atom stereocenters. The summed E-state index contributed by atoms with van der Waals surface area (Å²) in [4.78, 5) is 15.6. The van der Waals surface area contributed by atoms with Gasteiger partial charge in [-0.05, 0) is 25.0 Å². The molecule has 4 nitrogen and oxygen atoms in total. The topological polar surface area (TPSA) is 59.4 Å². The number of carbonyl (C=O) groups excluding carboxylic acids is 1. The van der Waals surface area contributed by atoms with Crippen LogP contribution in [0.25, 0.3) is 5.57 Å². The molecule has 0 aliphatic carbocycles. The molecular weight excluding hydrogens is 274 g/mol. The highest BCUT2D eigenvalue weighted by atomic mass is 32.1. The van der Waals surface area contributed by atoms with Gasteiger partial charge in [0.15, 0.2) is 0 Å². The summed E-state index contributed by atoms with van der Waals surface area (Å²) in [6.07, 6.45) is 0.806. The zero-order chi connectivity index (χ0) is 14.5. The van der Waals surface area contributed by atoms with Crippen molar-refractivity contribution in [3.05, 3.63) is 57.7 Å². The van der Waals surface area contributed by atoms with E-state index in [-0.39, 0.29) is 5.76 Å². The molecule has 1 atom stereocenters. The van der Waals surface area contributed by atoms with Crippen molar-refractivity contribution in [1.82, 2.24) is 4.98 Å². The predicted octanol–water partition coefficient (Wildman–Crippen LogP) is 2.76. The summed E-state index contributed by atoms with van der Waals surface area (Å²) in [5, 5.41) is 9.91. The first-order chi connectivity index (χ1) is 9.65. The van der Waals surface area contributed by atoms with Crippen molar-refractivity contribution in [2.45, 2.75) is 20.0 Å². The molecule has 1 aromatic carbocycles. The molecular formula is C15H15NO3S. The highest BCUT2D eigenvalue weighted by Crippen LogP contribution is 2.32. The van der Waals surface area contributed by atoms with E-state index in [0.29, 0.717) is 12.0 Å². The number of aliphatic hydroxyl groups excluding tert-OH is 1. The zero-order valence-electron chi connectivity index (χ0n) is 11.2. The fraction of sp³-hybridized carbons (Fsp3) is 0.200. The molecule has 0 bridgehead atoms. The van der Waals surface area contributed by atoms with E-state index >= 15 is 0 Å². The lowest BCUT2D eigenvalue weighted by molar-refractivity contribution is -0.126. The van der Waals surface area contributed by atoms with Crippen LogP contribution in [0.3, 0.4) is 0 Å². The molecule has 104 valence electrons. The number of aliphatic hydroxyl groups is 1. The summed E-state index contributed by atoms with van der Waals surface area (Å²) in [5.41, 5.74) is 4.35. The molecule has 0 spiro atoms. The fourth-order valence-corrected chi connectivity index (χ4v) is 2.68. The van der Waals surface area contributed by atoms with E-state index in [2.05, 4.69) is 4.98 Å². The average Bonchev–Trinajstić information content (AvgIpc) is 2.94. The maximum absolute atomic E-state index is 10.7. The Hall–Kier alpha value is -1.98. The van der Waals surface area contributed by atoms with Gasteiger partial charge >= 0.3 is 0 Å². The Balaban J connectivity index is 2.70. The molecule has 1 heterocycles. The number of thiazole rings is 1. The SMILES string of the molecule is Cc1ccccc1/C(=C(\OC=O)C(C)O)c1cncs1. The number of benzene rings is 1. The third kappa shape index (κ3) is 2.95. The average molecular weight is 289 g/mol. The largest absolute Gasteiger partial charge is 0.430 e. The van der Waals surface area contributed by atoms with Gasteiger partial charge in [-0.15, -0.1) is 11.3 Å². The van der Waals surface area contributed by atoms with E-state index in [1.165, 1.54) is 11.3 Å². The number of hydrogen-bond acceptors (Lipinski definition) is 5. The molecule has 0 fully saturated rings. The van der Waals surface area contributed by atoms with Crippen LogP contribution in [-0.4, -0.2) is 22.7 Å². The van der Waals surface area contributed by atoms with Crippen LogP contribution in [0.2, 0.25) is 0 Å². The van der Waals surface area contributed by atoms with Crippen LogP contribution in [0.15, 0.2) is 41.7 Å². The highest BCUT2D eigenvalue weighted by Gasteiger charge is 2.20. The van der Waals surface area contributed by atoms with Crippen molar-refractivity contribution >= 4 is 23.4 Å². The molecule has 0 aliphatic rings. The molecule has 0 aliphatic heterocycles. The maximum Gasteiger partial charge on any atom is 0.298 e. The van der Waals surface area contributed by atoms with Gasteiger partial charge in [-0.25, -0.2) is 0 Å². The van der Waals surface area contributed by atoms with Crippen molar-refractivity contribution in [3.8, 4) is 0 Å². The number of aromatic nitrogens is 1. The molecule has 1 aromatic heterocycles. The zero-order valence-corrected chi connectivity index (χ0v) is 12.1. The van der Waals surface area contributed by atoms with Gasteiger partial charge in [-0.1, -0.05) is 24.3 Å². The third-order valence-electron chi connectivity index (χ3n) is 2.89. The smallest absolute Gasteiger partial charge is 0.298 e. The lowest BCUT2D eigenvalue weighted by Gasteiger charge is -2.16. The van der Waals surface area contributed by atoms with Gasteiger partial charge in [0.2, 0.25) is 0 Å². The van der Waals surface area contributed by atoms with Crippen molar-refractivity contribution in [3.63, 3.8) is 0 Å². The normalized spacial score (nSPS) is 13.6. The van der Waals surface area contributed by atoms with Crippen LogP contribution in [0.4, 0.5) is 0 Å². The molecule has 0 saturated heterocycles. The summed E-state index contributed by atoms with van der Waals surface area (Å²) in [7, 11) is 0. The number of nitrogens with zero attached hydrogens (tertiary/aromatic N) is 1. The Morgan fingerprint density at radius 1 is 1.45 bits per heavy atom. The minimum Gasteiger partial charge on any atom is -0.430 e. The number of rotatable bonds is 5. The summed E-state index contributed by atoms with van der Waals surface area (Å²) < 4.78 is 5.03. The molecule has 0 radical (unpaired) electrons. The molecule has 0 amide bonds. The summed E-state index contributed by atoms with van der Waals surface area (Å²) >= 11 is 1.43. The summed E-state index contributed by atoms with van der Waals surface area (Å²) in [6, 6.07) is 7.74. The Bertz CT molecular complexity index is 618. The Labute approximate surface area is 121 Å². The minimum absolute atomic E-state index is 0.235. The number of aryl methyl sites for hydroxylation is 1. The van der Waals surface area contributed by atoms with Crippen LogP contribution in [0.5, 0.6) is 0 Å². The van der Waals surface area contributed by atoms with E-state index in [1.54, 1.807) is 18.6 Å². The lowest BCUT2D eigenvalue weighted by Crippen LogP contribution is -2.11. The molecule has 2 rings (SSSR count). The van der Waals surface area contributed by atoms with Gasteiger partial charge in [0.25, 0.3) is 6.47 Å². The molecule has 2 aromatic rings. The van der Waals surface area contributed by atoms with Crippen molar-refractivity contribution < 1.29 is 14.6 Å². The second-order valence-electron chi connectivity index (χ2n) is 4.31. The second-order valence-corrected chi connectivity index (χ2v) is 5.20. The monoisotopic (exact) mass is 289 g/mol. The maximum atomic E-state index is 10.7. The van der Waals surface area contributed by atoms with Crippen LogP contribution in [-0.2, 0) is 9.53 Å². The van der Waals surface area contributed by atoms with Crippen LogP contribution in [0.1, 0.15) is 22.9 Å². The van der Waals surface area contributed by atoms with Gasteiger partial charge in [-0.2, -0.15) is 0 Å².